The number of aromatic carboxylic acids is 1. The van der Waals surface area contributed by atoms with E-state index < -0.39 is 5.97 Å². The minimum Gasteiger partial charge on any atom is -0.478 e. The summed E-state index contributed by atoms with van der Waals surface area (Å²) in [6.45, 7) is 3.06. The van der Waals surface area contributed by atoms with E-state index in [0.717, 1.165) is 13.0 Å². The Morgan fingerprint density at radius 3 is 2.33 bits per heavy atom. The number of hydrogen-bond donors (Lipinski definition) is 2. The van der Waals surface area contributed by atoms with Crippen molar-refractivity contribution in [3.05, 3.63) is 28.2 Å². The van der Waals surface area contributed by atoms with Crippen molar-refractivity contribution in [2.75, 3.05) is 11.9 Å². The zero-order chi connectivity index (χ0) is 15.5. The predicted molar refractivity (Wildman–Crippen MR) is 92.2 cm³/mol. The van der Waals surface area contributed by atoms with Crippen molar-refractivity contribution in [3.63, 3.8) is 0 Å². The lowest BCUT2D eigenvalue weighted by Gasteiger charge is -2.10. The summed E-state index contributed by atoms with van der Waals surface area (Å²) in [6, 6.07) is 5.43. The Morgan fingerprint density at radius 1 is 1.10 bits per heavy atom. The van der Waals surface area contributed by atoms with Gasteiger partial charge in [0.25, 0.3) is 0 Å². The maximum atomic E-state index is 11.2. The molecule has 4 heteroatoms. The zero-order valence-electron chi connectivity index (χ0n) is 12.8. The molecule has 118 valence electrons. The number of anilines is 1. The van der Waals surface area contributed by atoms with Gasteiger partial charge in [-0.2, -0.15) is 0 Å². The molecule has 1 rings (SSSR count). The lowest BCUT2D eigenvalue weighted by molar-refractivity contribution is 0.0697. The number of carboxylic acid groups (broad SMARTS) is 1. The summed E-state index contributed by atoms with van der Waals surface area (Å²) in [4.78, 5) is 11.2. The van der Waals surface area contributed by atoms with Crippen LogP contribution in [0.1, 0.15) is 68.6 Å². The molecule has 0 saturated heterocycles. The molecule has 21 heavy (non-hydrogen) atoms. The fraction of sp³-hybridized carbons (Fsp3) is 0.588. The van der Waals surface area contributed by atoms with Crippen LogP contribution in [0.25, 0.3) is 0 Å². The SMILES string of the molecule is CCCCCCCCCCNc1cccc(Br)c1C(=O)O. The number of hydrogen-bond acceptors (Lipinski definition) is 2. The highest BCUT2D eigenvalue weighted by molar-refractivity contribution is 9.10. The van der Waals surface area contributed by atoms with Gasteiger partial charge >= 0.3 is 5.97 Å². The number of nitrogens with one attached hydrogen (secondary N) is 1. The number of halogens is 1. The number of rotatable bonds is 11. The van der Waals surface area contributed by atoms with Gasteiger partial charge in [-0.25, -0.2) is 4.79 Å². The smallest absolute Gasteiger partial charge is 0.338 e. The first-order chi connectivity index (χ1) is 10.2. The second-order valence-corrected chi connectivity index (χ2v) is 6.22. The van der Waals surface area contributed by atoms with Crippen molar-refractivity contribution < 1.29 is 9.90 Å². The summed E-state index contributed by atoms with van der Waals surface area (Å²) in [7, 11) is 0. The Bertz CT molecular complexity index is 435. The van der Waals surface area contributed by atoms with Crippen LogP contribution in [0.3, 0.4) is 0 Å². The zero-order valence-corrected chi connectivity index (χ0v) is 14.4. The summed E-state index contributed by atoms with van der Waals surface area (Å²) >= 11 is 3.29. The van der Waals surface area contributed by atoms with Gasteiger partial charge in [-0.1, -0.05) is 57.9 Å². The van der Waals surface area contributed by atoms with Gasteiger partial charge in [0.1, 0.15) is 0 Å². The van der Waals surface area contributed by atoms with Gasteiger partial charge in [0, 0.05) is 16.7 Å². The molecule has 3 nitrogen and oxygen atoms in total. The first-order valence-corrected chi connectivity index (χ1v) is 8.71. The van der Waals surface area contributed by atoms with Gasteiger partial charge in [-0.3, -0.25) is 0 Å². The van der Waals surface area contributed by atoms with E-state index in [4.69, 9.17) is 0 Å². The average molecular weight is 356 g/mol. The second-order valence-electron chi connectivity index (χ2n) is 5.37. The third-order valence-corrected chi connectivity index (χ3v) is 4.23. The van der Waals surface area contributed by atoms with Crippen molar-refractivity contribution in [2.24, 2.45) is 0 Å². The Morgan fingerprint density at radius 2 is 1.71 bits per heavy atom. The van der Waals surface area contributed by atoms with Gasteiger partial charge in [-0.15, -0.1) is 0 Å². The van der Waals surface area contributed by atoms with Crippen molar-refractivity contribution in [2.45, 2.75) is 58.3 Å². The summed E-state index contributed by atoms with van der Waals surface area (Å²) in [5, 5.41) is 12.5. The summed E-state index contributed by atoms with van der Waals surface area (Å²) in [5.41, 5.74) is 1.01. The van der Waals surface area contributed by atoms with Crippen molar-refractivity contribution in [1.82, 2.24) is 0 Å². The normalized spacial score (nSPS) is 10.6. The van der Waals surface area contributed by atoms with E-state index in [2.05, 4.69) is 28.2 Å². The van der Waals surface area contributed by atoms with E-state index in [0.29, 0.717) is 15.7 Å². The summed E-state index contributed by atoms with van der Waals surface area (Å²) in [6.07, 6.45) is 10.2. The average Bonchev–Trinajstić information content (AvgIpc) is 2.45. The lowest BCUT2D eigenvalue weighted by Crippen LogP contribution is -2.08. The number of unbranched alkanes of at least 4 members (excludes halogenated alkanes) is 7. The number of carboxylic acids is 1. The molecule has 0 bridgehead atoms. The highest BCUT2D eigenvalue weighted by Gasteiger charge is 2.13. The molecular formula is C17H26BrNO2. The molecule has 0 saturated carbocycles. The van der Waals surface area contributed by atoms with Gasteiger partial charge < -0.3 is 10.4 Å². The van der Waals surface area contributed by atoms with Gasteiger partial charge in [-0.05, 0) is 34.5 Å². The van der Waals surface area contributed by atoms with E-state index in [1.54, 1.807) is 6.07 Å². The maximum absolute atomic E-state index is 11.2. The van der Waals surface area contributed by atoms with E-state index in [-0.39, 0.29) is 0 Å². The molecule has 0 aliphatic carbocycles. The van der Waals surface area contributed by atoms with Crippen LogP contribution >= 0.6 is 15.9 Å². The molecule has 1 aromatic rings. The Hall–Kier alpha value is -1.03. The molecule has 0 fully saturated rings. The van der Waals surface area contributed by atoms with E-state index >= 15 is 0 Å². The molecule has 1 aromatic carbocycles. The maximum Gasteiger partial charge on any atom is 0.338 e. The van der Waals surface area contributed by atoms with E-state index in [1.807, 2.05) is 12.1 Å². The first kappa shape index (κ1) is 18.0. The Kier molecular flexibility index (Phi) is 9.15. The van der Waals surface area contributed by atoms with Crippen LogP contribution in [-0.2, 0) is 0 Å². The fourth-order valence-electron chi connectivity index (χ4n) is 2.37. The highest BCUT2D eigenvalue weighted by Crippen LogP contribution is 2.24. The highest BCUT2D eigenvalue weighted by atomic mass is 79.9. The van der Waals surface area contributed by atoms with Crippen LogP contribution in [0.5, 0.6) is 0 Å². The molecule has 0 atom stereocenters. The molecule has 0 amide bonds. The van der Waals surface area contributed by atoms with Crippen molar-refractivity contribution in [1.29, 1.82) is 0 Å². The molecule has 0 aromatic heterocycles. The molecule has 2 N–H and O–H groups in total. The molecule has 0 unspecified atom stereocenters. The molecule has 0 spiro atoms. The molecular weight excluding hydrogens is 330 g/mol. The van der Waals surface area contributed by atoms with E-state index in [9.17, 15) is 9.90 Å². The monoisotopic (exact) mass is 355 g/mol. The summed E-state index contributed by atoms with van der Waals surface area (Å²) < 4.78 is 0.621. The summed E-state index contributed by atoms with van der Waals surface area (Å²) in [5.74, 6) is -0.902. The molecule has 0 aliphatic rings. The minimum atomic E-state index is -0.902. The Labute approximate surface area is 136 Å². The van der Waals surface area contributed by atoms with Gasteiger partial charge in [0.05, 0.1) is 5.56 Å². The molecule has 0 heterocycles. The van der Waals surface area contributed by atoms with Crippen LogP contribution in [0, 0.1) is 0 Å². The van der Waals surface area contributed by atoms with Crippen molar-refractivity contribution in [3.8, 4) is 0 Å². The lowest BCUT2D eigenvalue weighted by atomic mass is 10.1. The van der Waals surface area contributed by atoms with Crippen LogP contribution in [0.15, 0.2) is 22.7 Å². The minimum absolute atomic E-state index is 0.317. The molecule has 0 radical (unpaired) electrons. The Balaban J connectivity index is 2.21. The van der Waals surface area contributed by atoms with Gasteiger partial charge in [0.15, 0.2) is 0 Å². The quantitative estimate of drug-likeness (QED) is 0.500. The van der Waals surface area contributed by atoms with Crippen LogP contribution in [0.2, 0.25) is 0 Å². The third-order valence-electron chi connectivity index (χ3n) is 3.57. The van der Waals surface area contributed by atoms with Crippen LogP contribution in [0.4, 0.5) is 5.69 Å². The van der Waals surface area contributed by atoms with E-state index in [1.165, 1.54) is 44.9 Å². The van der Waals surface area contributed by atoms with Crippen molar-refractivity contribution >= 4 is 27.6 Å². The predicted octanol–water partition coefficient (Wildman–Crippen LogP) is 5.70. The van der Waals surface area contributed by atoms with Crippen LogP contribution in [-0.4, -0.2) is 17.6 Å². The van der Waals surface area contributed by atoms with Gasteiger partial charge in [0.2, 0.25) is 0 Å². The molecule has 0 aliphatic heterocycles. The number of benzene rings is 1. The third kappa shape index (κ3) is 6.98. The fourth-order valence-corrected chi connectivity index (χ4v) is 2.91. The largest absolute Gasteiger partial charge is 0.478 e. The number of carbonyl (C=O) groups is 1. The standard InChI is InChI=1S/C17H26BrNO2/c1-2-3-4-5-6-7-8-9-13-19-15-12-10-11-14(18)16(15)17(20)21/h10-12,19H,2-9,13H2,1H3,(H,20,21). The topological polar surface area (TPSA) is 49.3 Å². The second kappa shape index (κ2) is 10.7. The first-order valence-electron chi connectivity index (χ1n) is 7.92. The van der Waals surface area contributed by atoms with Crippen LogP contribution < -0.4 is 5.32 Å².